The van der Waals surface area contributed by atoms with E-state index in [4.69, 9.17) is 20.4 Å². The highest BCUT2D eigenvalue weighted by atomic mass is 28.1. The SMILES string of the molecule is OCC(CO)(CO)CO.[Si]. The van der Waals surface area contributed by atoms with E-state index in [1.807, 2.05) is 0 Å². The molecule has 0 unspecified atom stereocenters. The van der Waals surface area contributed by atoms with Gasteiger partial charge in [0.2, 0.25) is 0 Å². The molecule has 0 amide bonds. The molecule has 0 bridgehead atoms. The van der Waals surface area contributed by atoms with Gasteiger partial charge in [-0.15, -0.1) is 0 Å². The number of hydrogen-bond acceptors (Lipinski definition) is 4. The van der Waals surface area contributed by atoms with Gasteiger partial charge in [-0.3, -0.25) is 0 Å². The zero-order valence-electron chi connectivity index (χ0n) is 5.62. The molecule has 0 atom stereocenters. The Morgan fingerprint density at radius 1 is 0.700 bits per heavy atom. The van der Waals surface area contributed by atoms with Crippen LogP contribution in [0.3, 0.4) is 0 Å². The van der Waals surface area contributed by atoms with Crippen molar-refractivity contribution in [3.05, 3.63) is 0 Å². The average molecular weight is 164 g/mol. The van der Waals surface area contributed by atoms with Crippen LogP contribution in [0.4, 0.5) is 0 Å². The summed E-state index contributed by atoms with van der Waals surface area (Å²) in [5.74, 6) is 0. The van der Waals surface area contributed by atoms with E-state index in [2.05, 4.69) is 0 Å². The van der Waals surface area contributed by atoms with Gasteiger partial charge < -0.3 is 20.4 Å². The third-order valence-corrected chi connectivity index (χ3v) is 1.34. The Labute approximate surface area is 64.1 Å². The molecule has 0 saturated heterocycles. The Morgan fingerprint density at radius 2 is 0.900 bits per heavy atom. The average Bonchev–Trinajstić information content (AvgIpc) is 1.95. The Morgan fingerprint density at radius 3 is 0.900 bits per heavy atom. The second kappa shape index (κ2) is 5.81. The molecule has 0 aromatic carbocycles. The van der Waals surface area contributed by atoms with Crippen LogP contribution in [-0.4, -0.2) is 57.8 Å². The largest absolute Gasteiger partial charge is 0.396 e. The summed E-state index contributed by atoms with van der Waals surface area (Å²) in [6.07, 6.45) is 0. The molecule has 0 spiro atoms. The number of aliphatic hydroxyl groups is 4. The van der Waals surface area contributed by atoms with Crippen molar-refractivity contribution < 1.29 is 20.4 Å². The van der Waals surface area contributed by atoms with Crippen molar-refractivity contribution in [1.29, 1.82) is 0 Å². The second-order valence-corrected chi connectivity index (χ2v) is 2.13. The van der Waals surface area contributed by atoms with Gasteiger partial charge in [0.25, 0.3) is 0 Å². The number of rotatable bonds is 4. The summed E-state index contributed by atoms with van der Waals surface area (Å²) in [6.45, 7) is -1.62. The Kier molecular flexibility index (Phi) is 7.39. The van der Waals surface area contributed by atoms with Crippen LogP contribution in [-0.2, 0) is 0 Å². The van der Waals surface area contributed by atoms with E-state index in [9.17, 15) is 0 Å². The summed E-state index contributed by atoms with van der Waals surface area (Å²) in [4.78, 5) is 0. The summed E-state index contributed by atoms with van der Waals surface area (Å²) in [6, 6.07) is 0. The molecule has 4 radical (unpaired) electrons. The molecule has 4 nitrogen and oxygen atoms in total. The summed E-state index contributed by atoms with van der Waals surface area (Å²) < 4.78 is 0. The molecule has 0 fully saturated rings. The first-order valence-electron chi connectivity index (χ1n) is 2.68. The van der Waals surface area contributed by atoms with Crippen LogP contribution in [0.5, 0.6) is 0 Å². The molecule has 0 aliphatic heterocycles. The van der Waals surface area contributed by atoms with Gasteiger partial charge in [0.05, 0.1) is 31.8 Å². The normalized spacial score (nSPS) is 10.8. The Bertz CT molecular complexity index is 56.5. The van der Waals surface area contributed by atoms with Crippen LogP contribution in [0, 0.1) is 5.41 Å². The monoisotopic (exact) mass is 164 g/mol. The van der Waals surface area contributed by atoms with Gasteiger partial charge in [0.1, 0.15) is 0 Å². The van der Waals surface area contributed by atoms with Gasteiger partial charge in [-0.25, -0.2) is 0 Å². The van der Waals surface area contributed by atoms with Gasteiger partial charge in [-0.1, -0.05) is 0 Å². The molecule has 0 aromatic rings. The second-order valence-electron chi connectivity index (χ2n) is 2.13. The number of hydrogen-bond donors (Lipinski definition) is 4. The molecule has 0 aromatic heterocycles. The van der Waals surface area contributed by atoms with Gasteiger partial charge >= 0.3 is 0 Å². The van der Waals surface area contributed by atoms with Crippen molar-refractivity contribution in [2.45, 2.75) is 0 Å². The van der Waals surface area contributed by atoms with E-state index in [0.29, 0.717) is 0 Å². The van der Waals surface area contributed by atoms with Crippen molar-refractivity contribution in [3.8, 4) is 0 Å². The lowest BCUT2D eigenvalue weighted by Gasteiger charge is -2.23. The van der Waals surface area contributed by atoms with E-state index < -0.39 is 31.8 Å². The third-order valence-electron chi connectivity index (χ3n) is 1.34. The van der Waals surface area contributed by atoms with Gasteiger partial charge in [0, 0.05) is 11.0 Å². The molecular formula is C5H12O4Si. The molecule has 5 heteroatoms. The quantitative estimate of drug-likeness (QED) is 0.348. The molecule has 0 aliphatic rings. The predicted molar refractivity (Wildman–Crippen MR) is 36.5 cm³/mol. The summed E-state index contributed by atoms with van der Waals surface area (Å²) in [5, 5.41) is 34.0. The minimum atomic E-state index is -1.11. The van der Waals surface area contributed by atoms with Gasteiger partial charge in [-0.05, 0) is 0 Å². The van der Waals surface area contributed by atoms with E-state index in [1.165, 1.54) is 0 Å². The lowest BCUT2D eigenvalue weighted by atomic mass is 9.93. The molecule has 60 valence electrons. The maximum atomic E-state index is 8.50. The zero-order chi connectivity index (χ0) is 7.33. The van der Waals surface area contributed by atoms with Gasteiger partial charge in [-0.2, -0.15) is 0 Å². The predicted octanol–water partition coefficient (Wildman–Crippen LogP) is -2.44. The van der Waals surface area contributed by atoms with Crippen molar-refractivity contribution in [1.82, 2.24) is 0 Å². The standard InChI is InChI=1S/C5H12O4.Si/c6-1-5(2-7,3-8)4-9;/h6-9H,1-4H2;. The smallest absolute Gasteiger partial charge is 0.0627 e. The molecular weight excluding hydrogens is 152 g/mol. The summed E-state index contributed by atoms with van der Waals surface area (Å²) >= 11 is 0. The van der Waals surface area contributed by atoms with E-state index in [-0.39, 0.29) is 11.0 Å². The Hall–Kier alpha value is 0.0569. The van der Waals surface area contributed by atoms with Crippen molar-refractivity contribution in [3.63, 3.8) is 0 Å². The van der Waals surface area contributed by atoms with Crippen molar-refractivity contribution >= 4 is 11.0 Å². The highest BCUT2D eigenvalue weighted by molar-refractivity contribution is 5.75. The minimum absolute atomic E-state index is 0. The lowest BCUT2D eigenvalue weighted by molar-refractivity contribution is -0.0328. The maximum absolute atomic E-state index is 8.50. The topological polar surface area (TPSA) is 80.9 Å². The molecule has 0 aliphatic carbocycles. The molecule has 0 rings (SSSR count). The minimum Gasteiger partial charge on any atom is -0.396 e. The van der Waals surface area contributed by atoms with E-state index in [0.717, 1.165) is 0 Å². The van der Waals surface area contributed by atoms with Crippen LogP contribution < -0.4 is 0 Å². The molecule has 0 saturated carbocycles. The fourth-order valence-corrected chi connectivity index (χ4v) is 0.300. The van der Waals surface area contributed by atoms with Crippen LogP contribution in [0.25, 0.3) is 0 Å². The number of aliphatic hydroxyl groups excluding tert-OH is 4. The fraction of sp³-hybridized carbons (Fsp3) is 1.00. The molecule has 4 N–H and O–H groups in total. The van der Waals surface area contributed by atoms with Crippen LogP contribution in [0.15, 0.2) is 0 Å². The van der Waals surface area contributed by atoms with E-state index >= 15 is 0 Å². The van der Waals surface area contributed by atoms with Crippen LogP contribution >= 0.6 is 0 Å². The lowest BCUT2D eigenvalue weighted by Crippen LogP contribution is -2.37. The van der Waals surface area contributed by atoms with Crippen molar-refractivity contribution in [2.75, 3.05) is 26.4 Å². The first kappa shape index (κ1) is 12.7. The zero-order valence-corrected chi connectivity index (χ0v) is 6.62. The van der Waals surface area contributed by atoms with Crippen molar-refractivity contribution in [2.24, 2.45) is 5.41 Å². The summed E-state index contributed by atoms with van der Waals surface area (Å²) in [5.41, 5.74) is -1.11. The fourth-order valence-electron chi connectivity index (χ4n) is 0.300. The first-order valence-corrected chi connectivity index (χ1v) is 2.68. The maximum Gasteiger partial charge on any atom is 0.0627 e. The summed E-state index contributed by atoms with van der Waals surface area (Å²) in [7, 11) is 0. The van der Waals surface area contributed by atoms with Crippen LogP contribution in [0.1, 0.15) is 0 Å². The highest BCUT2D eigenvalue weighted by Crippen LogP contribution is 2.11. The first-order chi connectivity index (χ1) is 4.24. The van der Waals surface area contributed by atoms with Crippen LogP contribution in [0.2, 0.25) is 0 Å². The highest BCUT2D eigenvalue weighted by Gasteiger charge is 2.26. The molecule has 10 heavy (non-hydrogen) atoms. The molecule has 0 heterocycles. The Balaban J connectivity index is 0. The van der Waals surface area contributed by atoms with E-state index in [1.54, 1.807) is 0 Å². The third kappa shape index (κ3) is 2.76. The van der Waals surface area contributed by atoms with Gasteiger partial charge in [0.15, 0.2) is 0 Å².